The molecule has 0 aliphatic carbocycles. The summed E-state index contributed by atoms with van der Waals surface area (Å²) in [5, 5.41) is 0. The molecule has 0 aliphatic rings. The summed E-state index contributed by atoms with van der Waals surface area (Å²) in [6.07, 6.45) is 8.81. The van der Waals surface area contributed by atoms with Crippen LogP contribution in [0.5, 0.6) is 5.75 Å². The predicted octanol–water partition coefficient (Wildman–Crippen LogP) is 4.98. The molecule has 0 saturated heterocycles. The van der Waals surface area contributed by atoms with E-state index in [1.54, 1.807) is 0 Å². The Balaban J connectivity index is 2.09. The van der Waals surface area contributed by atoms with E-state index in [-0.39, 0.29) is 0 Å². The molecule has 0 heterocycles. The Hall–Kier alpha value is -0.980. The lowest BCUT2D eigenvalue weighted by Crippen LogP contribution is -2.01. The van der Waals surface area contributed by atoms with Crippen LogP contribution in [-0.2, 0) is 0 Å². The van der Waals surface area contributed by atoms with Gasteiger partial charge in [-0.25, -0.2) is 0 Å². The summed E-state index contributed by atoms with van der Waals surface area (Å²) in [5.74, 6) is 0.952. The summed E-state index contributed by atoms with van der Waals surface area (Å²) in [6.45, 7) is 4.32. The Morgan fingerprint density at radius 3 is 2.38 bits per heavy atom. The summed E-state index contributed by atoms with van der Waals surface area (Å²) in [6, 6.07) is 10.0. The van der Waals surface area contributed by atoms with E-state index in [2.05, 4.69) is 13.8 Å². The van der Waals surface area contributed by atoms with Crippen LogP contribution in [0.3, 0.4) is 0 Å². The number of ether oxygens (including phenoxy) is 1. The average molecular weight is 219 g/mol. The summed E-state index contributed by atoms with van der Waals surface area (Å²) < 4.78 is 5.74. The van der Waals surface area contributed by atoms with E-state index in [1.165, 1.54) is 32.1 Å². The molecule has 0 aliphatic heterocycles. The quantitative estimate of drug-likeness (QED) is 0.560. The lowest BCUT2D eigenvalue weighted by molar-refractivity contribution is 0.311. The minimum absolute atomic E-state index is 0.952. The standard InChI is InChI=1S/C15H23O/c1-3-4-5-6-8-11-14(2)16-15-12-9-7-10-13-15/h7,9-10,12-13H,3-6,8,11H2,1-2H3. The molecular weight excluding hydrogens is 196 g/mol. The van der Waals surface area contributed by atoms with Crippen molar-refractivity contribution in [2.24, 2.45) is 0 Å². The third-order valence-corrected chi connectivity index (χ3v) is 2.67. The van der Waals surface area contributed by atoms with E-state index in [0.29, 0.717) is 0 Å². The first-order valence-electron chi connectivity index (χ1n) is 6.38. The summed E-state index contributed by atoms with van der Waals surface area (Å²) in [7, 11) is 0. The topological polar surface area (TPSA) is 9.23 Å². The fourth-order valence-corrected chi connectivity index (χ4v) is 1.72. The van der Waals surface area contributed by atoms with E-state index in [0.717, 1.165) is 18.3 Å². The zero-order valence-electron chi connectivity index (χ0n) is 10.5. The average Bonchev–Trinajstić information content (AvgIpc) is 2.30. The Morgan fingerprint density at radius 1 is 1.00 bits per heavy atom. The molecule has 0 aromatic heterocycles. The molecule has 0 fully saturated rings. The van der Waals surface area contributed by atoms with Crippen LogP contribution in [0, 0.1) is 6.10 Å². The first-order valence-corrected chi connectivity index (χ1v) is 6.38. The number of hydrogen-bond donors (Lipinski definition) is 0. The maximum absolute atomic E-state index is 5.74. The highest BCUT2D eigenvalue weighted by molar-refractivity contribution is 5.22. The van der Waals surface area contributed by atoms with E-state index in [9.17, 15) is 0 Å². The molecule has 0 unspecified atom stereocenters. The second-order valence-corrected chi connectivity index (χ2v) is 4.28. The van der Waals surface area contributed by atoms with Crippen molar-refractivity contribution < 1.29 is 4.74 Å². The van der Waals surface area contributed by atoms with Gasteiger partial charge in [0, 0.05) is 0 Å². The first kappa shape index (κ1) is 13.1. The van der Waals surface area contributed by atoms with Crippen LogP contribution in [-0.4, -0.2) is 0 Å². The summed E-state index contributed by atoms with van der Waals surface area (Å²) >= 11 is 0. The van der Waals surface area contributed by atoms with Crippen molar-refractivity contribution in [1.82, 2.24) is 0 Å². The van der Waals surface area contributed by atoms with Crippen LogP contribution in [0.1, 0.15) is 52.4 Å². The first-order chi connectivity index (χ1) is 7.83. The van der Waals surface area contributed by atoms with Gasteiger partial charge in [0.05, 0.1) is 0 Å². The van der Waals surface area contributed by atoms with Crippen LogP contribution in [0.4, 0.5) is 0 Å². The smallest absolute Gasteiger partial charge is 0.145 e. The molecule has 89 valence electrons. The van der Waals surface area contributed by atoms with Gasteiger partial charge in [-0.1, -0.05) is 50.8 Å². The zero-order valence-corrected chi connectivity index (χ0v) is 10.5. The normalized spacial score (nSPS) is 10.7. The number of para-hydroxylation sites is 1. The second kappa shape index (κ2) is 8.20. The minimum Gasteiger partial charge on any atom is -0.483 e. The van der Waals surface area contributed by atoms with Gasteiger partial charge in [-0.15, -0.1) is 0 Å². The fourth-order valence-electron chi connectivity index (χ4n) is 1.72. The van der Waals surface area contributed by atoms with Crippen molar-refractivity contribution in [3.05, 3.63) is 36.4 Å². The Bertz CT molecular complexity index is 255. The largest absolute Gasteiger partial charge is 0.483 e. The third-order valence-electron chi connectivity index (χ3n) is 2.67. The molecule has 1 aromatic carbocycles. The predicted molar refractivity (Wildman–Crippen MR) is 69.4 cm³/mol. The molecule has 1 aromatic rings. The Morgan fingerprint density at radius 2 is 1.69 bits per heavy atom. The van der Waals surface area contributed by atoms with Gasteiger partial charge in [0.25, 0.3) is 0 Å². The molecular formula is C15H23O. The van der Waals surface area contributed by atoms with Crippen LogP contribution in [0.25, 0.3) is 0 Å². The Kier molecular flexibility index (Phi) is 6.71. The molecule has 0 amide bonds. The van der Waals surface area contributed by atoms with Crippen LogP contribution < -0.4 is 4.74 Å². The van der Waals surface area contributed by atoms with Crippen LogP contribution >= 0.6 is 0 Å². The molecule has 1 heteroatoms. The van der Waals surface area contributed by atoms with Crippen LogP contribution in [0.15, 0.2) is 30.3 Å². The number of unbranched alkanes of at least 4 members (excludes halogenated alkanes) is 4. The summed E-state index contributed by atoms with van der Waals surface area (Å²) in [5.41, 5.74) is 0. The lowest BCUT2D eigenvalue weighted by Gasteiger charge is -2.12. The van der Waals surface area contributed by atoms with E-state index < -0.39 is 0 Å². The van der Waals surface area contributed by atoms with Gasteiger partial charge < -0.3 is 4.74 Å². The van der Waals surface area contributed by atoms with Gasteiger partial charge >= 0.3 is 0 Å². The molecule has 0 atom stereocenters. The molecule has 0 saturated carbocycles. The van der Waals surface area contributed by atoms with Gasteiger partial charge in [0.15, 0.2) is 0 Å². The third kappa shape index (κ3) is 5.79. The lowest BCUT2D eigenvalue weighted by atomic mass is 10.1. The molecule has 1 nitrogen and oxygen atoms in total. The molecule has 0 spiro atoms. The number of benzene rings is 1. The van der Waals surface area contributed by atoms with Crippen molar-refractivity contribution >= 4 is 0 Å². The van der Waals surface area contributed by atoms with Gasteiger partial charge in [0.2, 0.25) is 0 Å². The van der Waals surface area contributed by atoms with E-state index in [1.807, 2.05) is 30.3 Å². The molecule has 16 heavy (non-hydrogen) atoms. The maximum atomic E-state index is 5.74. The van der Waals surface area contributed by atoms with Crippen molar-refractivity contribution in [3.8, 4) is 5.75 Å². The maximum Gasteiger partial charge on any atom is 0.145 e. The Labute approximate surface area is 99.8 Å². The van der Waals surface area contributed by atoms with Crippen molar-refractivity contribution in [2.75, 3.05) is 0 Å². The van der Waals surface area contributed by atoms with E-state index >= 15 is 0 Å². The van der Waals surface area contributed by atoms with Gasteiger partial charge in [-0.2, -0.15) is 0 Å². The fraction of sp³-hybridized carbons (Fsp3) is 0.533. The molecule has 0 bridgehead atoms. The molecule has 0 N–H and O–H groups in total. The summed E-state index contributed by atoms with van der Waals surface area (Å²) in [4.78, 5) is 0. The van der Waals surface area contributed by atoms with Crippen molar-refractivity contribution in [2.45, 2.75) is 52.4 Å². The van der Waals surface area contributed by atoms with Gasteiger partial charge in [-0.3, -0.25) is 0 Å². The van der Waals surface area contributed by atoms with Gasteiger partial charge in [0.1, 0.15) is 11.9 Å². The molecule has 1 rings (SSSR count). The highest BCUT2D eigenvalue weighted by Crippen LogP contribution is 2.18. The highest BCUT2D eigenvalue weighted by Gasteiger charge is 2.04. The van der Waals surface area contributed by atoms with Crippen LogP contribution in [0.2, 0.25) is 0 Å². The number of hydrogen-bond acceptors (Lipinski definition) is 1. The minimum atomic E-state index is 0.952. The zero-order chi connectivity index (χ0) is 11.6. The SMILES string of the molecule is CCCCCCC[C](C)Oc1ccccc1. The van der Waals surface area contributed by atoms with E-state index in [4.69, 9.17) is 4.74 Å². The highest BCUT2D eigenvalue weighted by atomic mass is 16.5. The van der Waals surface area contributed by atoms with Crippen molar-refractivity contribution in [3.63, 3.8) is 0 Å². The van der Waals surface area contributed by atoms with Crippen molar-refractivity contribution in [1.29, 1.82) is 0 Å². The monoisotopic (exact) mass is 219 g/mol. The second-order valence-electron chi connectivity index (χ2n) is 4.28. The van der Waals surface area contributed by atoms with Gasteiger partial charge in [-0.05, 0) is 31.9 Å². The number of rotatable bonds is 8. The molecule has 1 radical (unpaired) electrons.